The molecule has 1 heterocycles. The Morgan fingerprint density at radius 1 is 1.62 bits per heavy atom. The molecule has 0 aliphatic rings. The van der Waals surface area contributed by atoms with Crippen molar-refractivity contribution in [1.29, 1.82) is 0 Å². The normalized spacial score (nSPS) is 10.7. The number of aromatic carboxylic acids is 1. The van der Waals surface area contributed by atoms with Gasteiger partial charge in [-0.15, -0.1) is 0 Å². The lowest BCUT2D eigenvalue weighted by Crippen LogP contribution is -2.10. The van der Waals surface area contributed by atoms with E-state index >= 15 is 0 Å². The largest absolute Gasteiger partial charge is 0.476 e. The third kappa shape index (κ3) is 1.99. The number of carboxylic acid groups (broad SMARTS) is 1. The minimum absolute atomic E-state index is 0.140. The van der Waals surface area contributed by atoms with E-state index < -0.39 is 11.6 Å². The molecule has 0 bridgehead atoms. The van der Waals surface area contributed by atoms with Gasteiger partial charge in [-0.1, -0.05) is 13.8 Å². The van der Waals surface area contributed by atoms with Crippen molar-refractivity contribution in [1.82, 2.24) is 5.16 Å². The van der Waals surface area contributed by atoms with E-state index in [-0.39, 0.29) is 17.2 Å². The number of rotatable bonds is 3. The fourth-order valence-corrected chi connectivity index (χ4v) is 1.09. The lowest BCUT2D eigenvalue weighted by Gasteiger charge is -1.99. The zero-order chi connectivity index (χ0) is 10.0. The minimum Gasteiger partial charge on any atom is -0.476 e. The maximum Gasteiger partial charge on any atom is 0.361 e. The number of hydrogen-bond acceptors (Lipinski definition) is 3. The van der Waals surface area contributed by atoms with E-state index in [1.165, 1.54) is 0 Å². The standard InChI is InChI=1S/C8H11NO4/c1-4(2)3-5-6(7(10)11)9-13-8(5)12/h4,9H,3H2,1-2H3,(H,10,11). The monoisotopic (exact) mass is 185 g/mol. The zero-order valence-corrected chi connectivity index (χ0v) is 7.46. The lowest BCUT2D eigenvalue weighted by molar-refractivity contribution is 0.0684. The van der Waals surface area contributed by atoms with Gasteiger partial charge < -0.3 is 9.63 Å². The van der Waals surface area contributed by atoms with Gasteiger partial charge in [-0.2, -0.15) is 0 Å². The molecular weight excluding hydrogens is 174 g/mol. The molecule has 5 heteroatoms. The summed E-state index contributed by atoms with van der Waals surface area (Å²) in [6.07, 6.45) is 0.410. The Morgan fingerprint density at radius 2 is 2.23 bits per heavy atom. The molecule has 5 nitrogen and oxygen atoms in total. The smallest absolute Gasteiger partial charge is 0.361 e. The van der Waals surface area contributed by atoms with E-state index in [9.17, 15) is 9.59 Å². The van der Waals surface area contributed by atoms with Crippen LogP contribution < -0.4 is 5.63 Å². The van der Waals surface area contributed by atoms with Gasteiger partial charge in [-0.05, 0) is 12.3 Å². The van der Waals surface area contributed by atoms with Crippen molar-refractivity contribution in [2.75, 3.05) is 0 Å². The van der Waals surface area contributed by atoms with Crippen LogP contribution in [-0.2, 0) is 6.42 Å². The van der Waals surface area contributed by atoms with E-state index in [1.54, 1.807) is 0 Å². The summed E-state index contributed by atoms with van der Waals surface area (Å²) in [5.74, 6) is -0.946. The topological polar surface area (TPSA) is 83.3 Å². The van der Waals surface area contributed by atoms with Crippen LogP contribution in [0.5, 0.6) is 0 Å². The molecule has 1 aromatic heterocycles. The van der Waals surface area contributed by atoms with Crippen LogP contribution in [0.2, 0.25) is 0 Å². The molecule has 0 aliphatic carbocycles. The molecule has 0 fully saturated rings. The molecule has 1 rings (SSSR count). The van der Waals surface area contributed by atoms with Gasteiger partial charge in [-0.3, -0.25) is 0 Å². The first-order valence-corrected chi connectivity index (χ1v) is 3.96. The summed E-state index contributed by atoms with van der Waals surface area (Å²) < 4.78 is 4.40. The SMILES string of the molecule is CC(C)Cc1c(C(=O)O)[nH]oc1=O. The first-order valence-electron chi connectivity index (χ1n) is 3.96. The highest BCUT2D eigenvalue weighted by atomic mass is 16.5. The predicted molar refractivity (Wildman–Crippen MR) is 44.8 cm³/mol. The quantitative estimate of drug-likeness (QED) is 0.731. The molecule has 1 aromatic rings. The van der Waals surface area contributed by atoms with Gasteiger partial charge in [0.1, 0.15) is 0 Å². The van der Waals surface area contributed by atoms with Crippen molar-refractivity contribution in [3.8, 4) is 0 Å². The molecule has 0 amide bonds. The fraction of sp³-hybridized carbons (Fsp3) is 0.500. The van der Waals surface area contributed by atoms with Crippen molar-refractivity contribution in [2.24, 2.45) is 5.92 Å². The molecule has 0 unspecified atom stereocenters. The van der Waals surface area contributed by atoms with Gasteiger partial charge in [-0.25, -0.2) is 14.7 Å². The van der Waals surface area contributed by atoms with E-state index in [0.29, 0.717) is 6.42 Å². The predicted octanol–water partition coefficient (Wildman–Crippen LogP) is 0.865. The van der Waals surface area contributed by atoms with Gasteiger partial charge in [0.25, 0.3) is 0 Å². The van der Waals surface area contributed by atoms with Crippen molar-refractivity contribution >= 4 is 5.97 Å². The second kappa shape index (κ2) is 3.47. The van der Waals surface area contributed by atoms with Gasteiger partial charge in [0, 0.05) is 0 Å². The number of hydrogen-bond donors (Lipinski definition) is 2. The molecule has 0 atom stereocenters. The number of aromatic amines is 1. The van der Waals surface area contributed by atoms with E-state index in [1.807, 2.05) is 13.8 Å². The van der Waals surface area contributed by atoms with Crippen LogP contribution >= 0.6 is 0 Å². The van der Waals surface area contributed by atoms with Crippen LogP contribution in [0.1, 0.15) is 29.9 Å². The highest BCUT2D eigenvalue weighted by Crippen LogP contribution is 2.07. The van der Waals surface area contributed by atoms with E-state index in [0.717, 1.165) is 0 Å². The Hall–Kier alpha value is -1.52. The summed E-state index contributed by atoms with van der Waals surface area (Å²) in [4.78, 5) is 21.6. The van der Waals surface area contributed by atoms with Gasteiger partial charge in [0.05, 0.1) is 5.56 Å². The third-order valence-electron chi connectivity index (χ3n) is 1.62. The van der Waals surface area contributed by atoms with Crippen molar-refractivity contribution < 1.29 is 14.4 Å². The van der Waals surface area contributed by atoms with Crippen LogP contribution in [0.3, 0.4) is 0 Å². The minimum atomic E-state index is -1.17. The summed E-state index contributed by atoms with van der Waals surface area (Å²) >= 11 is 0. The second-order valence-electron chi connectivity index (χ2n) is 3.25. The van der Waals surface area contributed by atoms with Gasteiger partial charge >= 0.3 is 11.6 Å². The third-order valence-corrected chi connectivity index (χ3v) is 1.62. The first kappa shape index (κ1) is 9.57. The molecule has 2 N–H and O–H groups in total. The van der Waals surface area contributed by atoms with Crippen LogP contribution in [0, 0.1) is 5.92 Å². The van der Waals surface area contributed by atoms with E-state index in [2.05, 4.69) is 9.68 Å². The van der Waals surface area contributed by atoms with Crippen molar-refractivity contribution in [3.63, 3.8) is 0 Å². The average Bonchev–Trinajstić information content (AvgIpc) is 2.32. The maximum atomic E-state index is 11.0. The Balaban J connectivity index is 3.09. The summed E-state index contributed by atoms with van der Waals surface area (Å²) in [5.41, 5.74) is -0.521. The molecule has 0 aromatic carbocycles. The summed E-state index contributed by atoms with van der Waals surface area (Å²) in [7, 11) is 0. The summed E-state index contributed by atoms with van der Waals surface area (Å²) in [6.45, 7) is 3.80. The number of carbonyl (C=O) groups is 1. The van der Waals surface area contributed by atoms with Crippen molar-refractivity contribution in [2.45, 2.75) is 20.3 Å². The molecular formula is C8H11NO4. The number of H-pyrrole nitrogens is 1. The maximum absolute atomic E-state index is 11.0. The Morgan fingerprint density at radius 3 is 2.69 bits per heavy atom. The van der Waals surface area contributed by atoms with Crippen LogP contribution in [0.15, 0.2) is 9.32 Å². The molecule has 13 heavy (non-hydrogen) atoms. The lowest BCUT2D eigenvalue weighted by atomic mass is 10.0. The van der Waals surface area contributed by atoms with Crippen LogP contribution in [0.25, 0.3) is 0 Å². The Labute approximate surface area is 74.3 Å². The summed E-state index contributed by atoms with van der Waals surface area (Å²) in [6, 6.07) is 0. The Bertz CT molecular complexity index is 360. The van der Waals surface area contributed by atoms with Gasteiger partial charge in [0.15, 0.2) is 5.69 Å². The highest BCUT2D eigenvalue weighted by molar-refractivity contribution is 5.86. The molecule has 0 saturated heterocycles. The molecule has 0 aliphatic heterocycles. The molecule has 72 valence electrons. The first-order chi connectivity index (χ1) is 6.02. The zero-order valence-electron chi connectivity index (χ0n) is 7.46. The molecule has 0 saturated carbocycles. The second-order valence-corrected chi connectivity index (χ2v) is 3.25. The summed E-state index contributed by atoms with van der Waals surface area (Å²) in [5, 5.41) is 10.8. The Kier molecular flexibility index (Phi) is 2.55. The fourth-order valence-electron chi connectivity index (χ4n) is 1.09. The van der Waals surface area contributed by atoms with E-state index in [4.69, 9.17) is 5.11 Å². The number of aromatic nitrogens is 1. The van der Waals surface area contributed by atoms with Crippen molar-refractivity contribution in [3.05, 3.63) is 21.7 Å². The molecule has 0 radical (unpaired) electrons. The highest BCUT2D eigenvalue weighted by Gasteiger charge is 2.18. The van der Waals surface area contributed by atoms with Crippen LogP contribution in [0.4, 0.5) is 0 Å². The van der Waals surface area contributed by atoms with Crippen LogP contribution in [-0.4, -0.2) is 16.2 Å². The number of nitrogens with one attached hydrogen (secondary N) is 1. The van der Waals surface area contributed by atoms with Gasteiger partial charge in [0.2, 0.25) is 0 Å². The number of carboxylic acids is 1. The average molecular weight is 185 g/mol. The molecule has 0 spiro atoms.